The van der Waals surface area contributed by atoms with Crippen molar-refractivity contribution in [2.24, 2.45) is 7.05 Å². The quantitative estimate of drug-likeness (QED) is 0.781. The lowest BCUT2D eigenvalue weighted by Gasteiger charge is -2.40. The summed E-state index contributed by atoms with van der Waals surface area (Å²) in [4.78, 5) is 30.6. The standard InChI is InChI=1S/C15H20N6O4/c1-10-17-18-14(25-10)21-4-3-15(9-21)8-20(5-6-24-15)12(22)11-7-16-13(23)19(11)2/h7H,3-6,8-9H2,1-2H3,(H,16,23). The second kappa shape index (κ2) is 5.73. The van der Waals surface area contributed by atoms with Crippen LogP contribution in [-0.2, 0) is 11.8 Å². The number of H-pyrrole nitrogens is 1. The number of ether oxygens (including phenoxy) is 1. The van der Waals surface area contributed by atoms with E-state index in [2.05, 4.69) is 15.2 Å². The predicted octanol–water partition coefficient (Wildman–Crippen LogP) is -0.474. The van der Waals surface area contributed by atoms with Gasteiger partial charge in [0.05, 0.1) is 19.7 Å². The maximum atomic E-state index is 12.8. The molecule has 1 spiro atoms. The Balaban J connectivity index is 1.50. The summed E-state index contributed by atoms with van der Waals surface area (Å²) in [6.07, 6.45) is 2.22. The molecule has 2 aliphatic rings. The molecule has 1 atom stereocenters. The van der Waals surface area contributed by atoms with Crippen LogP contribution in [-0.4, -0.2) is 68.9 Å². The Bertz CT molecular complexity index is 854. The summed E-state index contributed by atoms with van der Waals surface area (Å²) in [7, 11) is 1.58. The summed E-state index contributed by atoms with van der Waals surface area (Å²) < 4.78 is 12.8. The van der Waals surface area contributed by atoms with Crippen LogP contribution in [0, 0.1) is 6.92 Å². The van der Waals surface area contributed by atoms with Crippen molar-refractivity contribution >= 4 is 11.9 Å². The third-order valence-corrected chi connectivity index (χ3v) is 4.86. The van der Waals surface area contributed by atoms with E-state index in [1.807, 2.05) is 4.90 Å². The number of hydrogen-bond acceptors (Lipinski definition) is 7. The first-order valence-electron chi connectivity index (χ1n) is 8.20. The highest BCUT2D eigenvalue weighted by atomic mass is 16.5. The van der Waals surface area contributed by atoms with Crippen LogP contribution in [0.2, 0.25) is 0 Å². The van der Waals surface area contributed by atoms with Crippen molar-refractivity contribution in [2.75, 3.05) is 37.7 Å². The van der Waals surface area contributed by atoms with E-state index in [0.29, 0.717) is 43.8 Å². The van der Waals surface area contributed by atoms with Crippen molar-refractivity contribution < 1.29 is 13.9 Å². The van der Waals surface area contributed by atoms with Crippen LogP contribution in [0.1, 0.15) is 22.8 Å². The zero-order valence-electron chi connectivity index (χ0n) is 14.2. The van der Waals surface area contributed by atoms with E-state index in [1.54, 1.807) is 18.9 Å². The van der Waals surface area contributed by atoms with E-state index in [1.165, 1.54) is 10.8 Å². The molecule has 1 N–H and O–H groups in total. The number of imidazole rings is 1. The molecule has 10 nitrogen and oxygen atoms in total. The number of nitrogens with zero attached hydrogens (tertiary/aromatic N) is 5. The number of aromatic nitrogens is 4. The number of nitrogens with one attached hydrogen (secondary N) is 1. The number of anilines is 1. The van der Waals surface area contributed by atoms with Crippen LogP contribution in [0.25, 0.3) is 0 Å². The normalized spacial score (nSPS) is 23.6. The second-order valence-corrected chi connectivity index (χ2v) is 6.57. The largest absolute Gasteiger partial charge is 0.408 e. The number of carbonyl (C=O) groups excluding carboxylic acids is 1. The molecule has 10 heteroatoms. The van der Waals surface area contributed by atoms with Crippen LogP contribution >= 0.6 is 0 Å². The van der Waals surface area contributed by atoms with Gasteiger partial charge in [0.15, 0.2) is 0 Å². The summed E-state index contributed by atoms with van der Waals surface area (Å²) in [5.74, 6) is 0.348. The summed E-state index contributed by atoms with van der Waals surface area (Å²) in [6.45, 7) is 4.49. The van der Waals surface area contributed by atoms with E-state index in [4.69, 9.17) is 9.15 Å². The molecule has 2 aromatic rings. The van der Waals surface area contributed by atoms with Crippen molar-refractivity contribution in [2.45, 2.75) is 18.9 Å². The van der Waals surface area contributed by atoms with Gasteiger partial charge in [0.25, 0.3) is 5.91 Å². The van der Waals surface area contributed by atoms with Gasteiger partial charge in [-0.3, -0.25) is 9.36 Å². The average molecular weight is 348 g/mol. The fourth-order valence-electron chi connectivity index (χ4n) is 3.49. The number of rotatable bonds is 2. The first kappa shape index (κ1) is 15.9. The van der Waals surface area contributed by atoms with Gasteiger partial charge in [0.2, 0.25) is 5.89 Å². The minimum Gasteiger partial charge on any atom is -0.408 e. The molecule has 0 aliphatic carbocycles. The Morgan fingerprint density at radius 2 is 2.16 bits per heavy atom. The molecular formula is C15H20N6O4. The number of carbonyl (C=O) groups is 1. The number of morpholine rings is 1. The van der Waals surface area contributed by atoms with Crippen LogP contribution in [0.4, 0.5) is 6.01 Å². The minimum atomic E-state index is -0.453. The summed E-state index contributed by atoms with van der Waals surface area (Å²) in [5, 5.41) is 7.91. The van der Waals surface area contributed by atoms with Gasteiger partial charge in [-0.05, 0) is 6.42 Å². The molecule has 0 radical (unpaired) electrons. The molecule has 2 saturated heterocycles. The van der Waals surface area contributed by atoms with E-state index >= 15 is 0 Å². The van der Waals surface area contributed by atoms with Gasteiger partial charge >= 0.3 is 11.7 Å². The third kappa shape index (κ3) is 2.72. The van der Waals surface area contributed by atoms with Crippen molar-refractivity contribution in [1.82, 2.24) is 24.6 Å². The van der Waals surface area contributed by atoms with Crippen molar-refractivity contribution in [3.8, 4) is 0 Å². The highest BCUT2D eigenvalue weighted by Crippen LogP contribution is 2.32. The second-order valence-electron chi connectivity index (χ2n) is 6.57. The van der Waals surface area contributed by atoms with E-state index in [-0.39, 0.29) is 11.6 Å². The Labute approximate surface area is 143 Å². The lowest BCUT2D eigenvalue weighted by molar-refractivity contribution is -0.0859. The topological polar surface area (TPSA) is 109 Å². The SMILES string of the molecule is Cc1nnc(N2CCC3(CN(C(=O)c4c[nH]c(=O)n4C)CCO3)C2)o1. The monoisotopic (exact) mass is 348 g/mol. The van der Waals surface area contributed by atoms with Crippen LogP contribution < -0.4 is 10.6 Å². The molecule has 2 fully saturated rings. The van der Waals surface area contributed by atoms with Crippen LogP contribution in [0.5, 0.6) is 0 Å². The lowest BCUT2D eigenvalue weighted by atomic mass is 10.0. The van der Waals surface area contributed by atoms with E-state index in [9.17, 15) is 9.59 Å². The molecule has 134 valence electrons. The minimum absolute atomic E-state index is 0.171. The highest BCUT2D eigenvalue weighted by Gasteiger charge is 2.45. The van der Waals surface area contributed by atoms with Crippen LogP contribution in [0.15, 0.2) is 15.4 Å². The fourth-order valence-corrected chi connectivity index (χ4v) is 3.49. The van der Waals surface area contributed by atoms with Gasteiger partial charge in [-0.2, -0.15) is 0 Å². The van der Waals surface area contributed by atoms with Gasteiger partial charge in [0.1, 0.15) is 11.3 Å². The molecule has 4 heterocycles. The molecular weight excluding hydrogens is 328 g/mol. The molecule has 25 heavy (non-hydrogen) atoms. The molecule has 1 amide bonds. The highest BCUT2D eigenvalue weighted by molar-refractivity contribution is 5.92. The molecule has 0 saturated carbocycles. The summed E-state index contributed by atoms with van der Waals surface area (Å²) in [6, 6.07) is 0.481. The molecule has 1 unspecified atom stereocenters. The number of aromatic amines is 1. The van der Waals surface area contributed by atoms with Crippen molar-refractivity contribution in [3.63, 3.8) is 0 Å². The summed E-state index contributed by atoms with van der Waals surface area (Å²) in [5.41, 5.74) is -0.402. The number of aryl methyl sites for hydroxylation is 1. The zero-order chi connectivity index (χ0) is 17.6. The smallest absolute Gasteiger partial charge is 0.325 e. The number of amides is 1. The van der Waals surface area contributed by atoms with E-state index < -0.39 is 5.60 Å². The van der Waals surface area contributed by atoms with Crippen LogP contribution in [0.3, 0.4) is 0 Å². The van der Waals surface area contributed by atoms with Gasteiger partial charge in [-0.15, -0.1) is 5.10 Å². The fraction of sp³-hybridized carbons (Fsp3) is 0.600. The first-order valence-corrected chi connectivity index (χ1v) is 8.20. The third-order valence-electron chi connectivity index (χ3n) is 4.86. The summed E-state index contributed by atoms with van der Waals surface area (Å²) >= 11 is 0. The number of hydrogen-bond donors (Lipinski definition) is 1. The van der Waals surface area contributed by atoms with Gasteiger partial charge < -0.3 is 23.9 Å². The average Bonchev–Trinajstić information content (AvgIpc) is 3.29. The van der Waals surface area contributed by atoms with Crippen molar-refractivity contribution in [3.05, 3.63) is 28.3 Å². The van der Waals surface area contributed by atoms with E-state index in [0.717, 1.165) is 13.0 Å². The lowest BCUT2D eigenvalue weighted by Crippen LogP contribution is -2.55. The molecule has 2 aromatic heterocycles. The molecule has 4 rings (SSSR count). The maximum absolute atomic E-state index is 12.8. The zero-order valence-corrected chi connectivity index (χ0v) is 14.2. The van der Waals surface area contributed by atoms with Gasteiger partial charge in [0, 0.05) is 33.3 Å². The Morgan fingerprint density at radius 1 is 1.32 bits per heavy atom. The van der Waals surface area contributed by atoms with Crippen molar-refractivity contribution in [1.29, 1.82) is 0 Å². The predicted molar refractivity (Wildman–Crippen MR) is 86.5 cm³/mol. The molecule has 0 bridgehead atoms. The maximum Gasteiger partial charge on any atom is 0.325 e. The Hall–Kier alpha value is -2.62. The molecule has 0 aromatic carbocycles. The van der Waals surface area contributed by atoms with Gasteiger partial charge in [-0.1, -0.05) is 5.10 Å². The van der Waals surface area contributed by atoms with Gasteiger partial charge in [-0.25, -0.2) is 4.79 Å². The Kier molecular flexibility index (Phi) is 3.64. The molecule has 2 aliphatic heterocycles. The Morgan fingerprint density at radius 3 is 2.84 bits per heavy atom. The first-order chi connectivity index (χ1) is 12.0.